The number of likely N-dealkylation sites (tertiary alicyclic amines) is 1. The summed E-state index contributed by atoms with van der Waals surface area (Å²) in [6, 6.07) is 13.2. The molecule has 2 aliphatic rings. The number of methoxy groups -OCH3 is 1. The number of aryl methyl sites for hydroxylation is 1. The zero-order valence-corrected chi connectivity index (χ0v) is 25.7. The van der Waals surface area contributed by atoms with Crippen molar-refractivity contribution in [2.24, 2.45) is 12.5 Å². The number of halogens is 1. The zero-order valence-electron chi connectivity index (χ0n) is 24.9. The number of anilines is 1. The van der Waals surface area contributed by atoms with Crippen LogP contribution in [0.15, 0.2) is 66.7 Å². The summed E-state index contributed by atoms with van der Waals surface area (Å²) in [4.78, 5) is 22.1. The maximum absolute atomic E-state index is 14.6. The van der Waals surface area contributed by atoms with E-state index in [2.05, 4.69) is 46.2 Å². The van der Waals surface area contributed by atoms with Crippen LogP contribution < -0.4 is 9.64 Å². The summed E-state index contributed by atoms with van der Waals surface area (Å²) in [5, 5.41) is 8.59. The number of carbonyl (C=O) groups excluding carboxylic acids is 1. The molecule has 44 heavy (non-hydrogen) atoms. The molecule has 0 saturated carbocycles. The van der Waals surface area contributed by atoms with E-state index in [0.717, 1.165) is 81.7 Å². The molecule has 2 fully saturated rings. The third kappa shape index (κ3) is 4.92. The number of nitrogens with zero attached hydrogens (tertiary/aromatic N) is 5. The van der Waals surface area contributed by atoms with Crippen LogP contribution in [-0.4, -0.2) is 72.1 Å². The smallest absolute Gasteiger partial charge is 0.245 e. The molecule has 2 saturated heterocycles. The molecule has 0 bridgehead atoms. The van der Waals surface area contributed by atoms with Crippen molar-refractivity contribution in [1.29, 1.82) is 0 Å². The van der Waals surface area contributed by atoms with E-state index in [0.29, 0.717) is 25.5 Å². The molecule has 1 amide bonds. The first-order valence-corrected chi connectivity index (χ1v) is 15.7. The molecule has 8 nitrogen and oxygen atoms in total. The summed E-state index contributed by atoms with van der Waals surface area (Å²) in [6.07, 6.45) is 5.17. The van der Waals surface area contributed by atoms with E-state index in [-0.39, 0.29) is 17.1 Å². The maximum Gasteiger partial charge on any atom is 0.245 e. The van der Waals surface area contributed by atoms with Gasteiger partial charge in [-0.15, -0.1) is 11.3 Å². The van der Waals surface area contributed by atoms with Crippen molar-refractivity contribution < 1.29 is 18.7 Å². The van der Waals surface area contributed by atoms with Crippen molar-refractivity contribution >= 4 is 44.1 Å². The molecule has 0 radical (unpaired) electrons. The molecule has 0 N–H and O–H groups in total. The highest BCUT2D eigenvalue weighted by molar-refractivity contribution is 7.18. The highest BCUT2D eigenvalue weighted by Crippen LogP contribution is 2.49. The minimum absolute atomic E-state index is 0.0165. The summed E-state index contributed by atoms with van der Waals surface area (Å²) in [7, 11) is 3.56. The Morgan fingerprint density at radius 1 is 1.14 bits per heavy atom. The lowest BCUT2D eigenvalue weighted by molar-refractivity contribution is -0.125. The van der Waals surface area contributed by atoms with Crippen LogP contribution in [0.2, 0.25) is 0 Å². The lowest BCUT2D eigenvalue weighted by atomic mass is 9.86. The van der Waals surface area contributed by atoms with Gasteiger partial charge in [-0.25, -0.2) is 9.37 Å². The first-order valence-electron chi connectivity index (χ1n) is 14.8. The standard InChI is InChI=1S/C34H34FN5O3S/c1-4-29(41)39-12-10-34(20-39)11-13-40(21-34)33-30(25-7-6-24(35)18-28(25)43-15-14-42-3)32-26(9-16-44-32)31(37-33)22-5-8-27-23(17-22)19-36-38(27)2/h4-9,16-19H,1,10-15,20-21H2,2-3H3. The van der Waals surface area contributed by atoms with Gasteiger partial charge in [-0.1, -0.05) is 12.6 Å². The molecule has 1 unspecified atom stereocenters. The minimum atomic E-state index is -0.363. The normalized spacial score (nSPS) is 18.2. The molecule has 2 aliphatic heterocycles. The van der Waals surface area contributed by atoms with E-state index < -0.39 is 0 Å². The van der Waals surface area contributed by atoms with Crippen molar-refractivity contribution in [2.75, 3.05) is 51.4 Å². The maximum atomic E-state index is 14.6. The van der Waals surface area contributed by atoms with Gasteiger partial charge in [0.1, 0.15) is 24.0 Å². The Bertz CT molecular complexity index is 1900. The van der Waals surface area contributed by atoms with E-state index in [4.69, 9.17) is 14.5 Å². The number of benzene rings is 2. The first-order chi connectivity index (χ1) is 21.4. The van der Waals surface area contributed by atoms with Crippen LogP contribution in [0.3, 0.4) is 0 Å². The summed E-state index contributed by atoms with van der Waals surface area (Å²) < 4.78 is 28.8. The van der Waals surface area contributed by atoms with E-state index in [1.54, 1.807) is 24.5 Å². The van der Waals surface area contributed by atoms with Crippen molar-refractivity contribution in [3.63, 3.8) is 0 Å². The first kappa shape index (κ1) is 28.5. The molecule has 2 aromatic carbocycles. The second kappa shape index (κ2) is 11.3. The van der Waals surface area contributed by atoms with Crippen LogP contribution in [0.4, 0.5) is 10.2 Å². The Balaban J connectivity index is 1.39. The number of hydrogen-bond donors (Lipinski definition) is 0. The number of rotatable bonds is 8. The largest absolute Gasteiger partial charge is 0.490 e. The average Bonchev–Trinajstić information content (AvgIpc) is 3.84. The summed E-state index contributed by atoms with van der Waals surface area (Å²) in [5.41, 5.74) is 4.67. The lowest BCUT2D eigenvalue weighted by Gasteiger charge is -2.27. The fraction of sp³-hybridized carbons (Fsp3) is 0.324. The van der Waals surface area contributed by atoms with Crippen LogP contribution in [0, 0.1) is 11.2 Å². The van der Waals surface area contributed by atoms with Crippen LogP contribution in [0.1, 0.15) is 12.8 Å². The average molecular weight is 612 g/mol. The zero-order chi connectivity index (χ0) is 30.4. The molecule has 10 heteroatoms. The van der Waals surface area contributed by atoms with Gasteiger partial charge >= 0.3 is 0 Å². The monoisotopic (exact) mass is 611 g/mol. The number of pyridine rings is 1. The molecule has 1 spiro atoms. The molecule has 5 aromatic rings. The van der Waals surface area contributed by atoms with E-state index in [9.17, 15) is 9.18 Å². The van der Waals surface area contributed by atoms with Crippen LogP contribution >= 0.6 is 11.3 Å². The quantitative estimate of drug-likeness (QED) is 0.152. The van der Waals surface area contributed by atoms with Crippen LogP contribution in [-0.2, 0) is 16.6 Å². The third-order valence-corrected chi connectivity index (χ3v) is 9.96. The highest BCUT2D eigenvalue weighted by Gasteiger charge is 2.45. The molecule has 226 valence electrons. The van der Waals surface area contributed by atoms with Crippen LogP contribution in [0.5, 0.6) is 5.75 Å². The fourth-order valence-corrected chi connectivity index (χ4v) is 7.72. The van der Waals surface area contributed by atoms with Crippen molar-refractivity contribution in [2.45, 2.75) is 12.8 Å². The Morgan fingerprint density at radius 2 is 2.00 bits per heavy atom. The van der Waals surface area contributed by atoms with Gasteiger partial charge in [-0.05, 0) is 54.6 Å². The van der Waals surface area contributed by atoms with Gasteiger partial charge in [0.05, 0.1) is 24.0 Å². The number of amides is 1. The predicted molar refractivity (Wildman–Crippen MR) is 173 cm³/mol. The van der Waals surface area contributed by atoms with Gasteiger partial charge in [0.15, 0.2) is 0 Å². The second-order valence-electron chi connectivity index (χ2n) is 11.7. The van der Waals surface area contributed by atoms with Gasteiger partial charge in [-0.2, -0.15) is 5.10 Å². The molecule has 0 aliphatic carbocycles. The second-order valence-corrected chi connectivity index (χ2v) is 12.6. The Labute approximate surface area is 259 Å². The molecular formula is C34H34FN5O3S. The Hall–Kier alpha value is -4.28. The number of fused-ring (bicyclic) bond motifs is 2. The number of ether oxygens (including phenoxy) is 2. The van der Waals surface area contributed by atoms with E-state index in [1.165, 1.54) is 18.2 Å². The van der Waals surface area contributed by atoms with Gasteiger partial charge in [0.2, 0.25) is 5.91 Å². The van der Waals surface area contributed by atoms with Crippen molar-refractivity contribution in [1.82, 2.24) is 19.7 Å². The summed E-state index contributed by atoms with van der Waals surface area (Å²) in [5.74, 6) is 0.922. The Kier molecular flexibility index (Phi) is 7.34. The van der Waals surface area contributed by atoms with Crippen LogP contribution in [0.25, 0.3) is 43.4 Å². The predicted octanol–water partition coefficient (Wildman–Crippen LogP) is 6.30. The topological polar surface area (TPSA) is 72.7 Å². The SMILES string of the molecule is C=CC(=O)N1CCC2(CCN(c3nc(-c4ccc5c(cnn5C)c4)c4ccsc4c3-c3ccc(F)cc3OCCOC)C2)C1. The van der Waals surface area contributed by atoms with Gasteiger partial charge < -0.3 is 19.3 Å². The van der Waals surface area contributed by atoms with Gasteiger partial charge in [0, 0.05) is 84.0 Å². The minimum Gasteiger partial charge on any atom is -0.490 e. The summed E-state index contributed by atoms with van der Waals surface area (Å²) >= 11 is 1.65. The number of hydrogen-bond acceptors (Lipinski definition) is 7. The Morgan fingerprint density at radius 3 is 2.84 bits per heavy atom. The molecule has 1 atom stereocenters. The molecule has 5 heterocycles. The number of aromatic nitrogens is 3. The van der Waals surface area contributed by atoms with E-state index in [1.807, 2.05) is 22.8 Å². The van der Waals surface area contributed by atoms with Gasteiger partial charge in [0.25, 0.3) is 0 Å². The number of carbonyl (C=O) groups is 1. The fourth-order valence-electron chi connectivity index (χ4n) is 6.77. The lowest BCUT2D eigenvalue weighted by Crippen LogP contribution is -2.33. The van der Waals surface area contributed by atoms with Crippen molar-refractivity contribution in [3.8, 4) is 28.1 Å². The van der Waals surface area contributed by atoms with E-state index >= 15 is 0 Å². The highest BCUT2D eigenvalue weighted by atomic mass is 32.1. The summed E-state index contributed by atoms with van der Waals surface area (Å²) in [6.45, 7) is 7.38. The third-order valence-electron chi connectivity index (χ3n) is 9.03. The molecular weight excluding hydrogens is 577 g/mol. The molecule has 7 rings (SSSR count). The van der Waals surface area contributed by atoms with Crippen molar-refractivity contribution in [3.05, 3.63) is 72.5 Å². The van der Waals surface area contributed by atoms with Gasteiger partial charge in [-0.3, -0.25) is 9.48 Å². The number of thiophene rings is 1. The molecule has 3 aromatic heterocycles.